The Morgan fingerprint density at radius 1 is 1.26 bits per heavy atom. The summed E-state index contributed by atoms with van der Waals surface area (Å²) in [5.74, 6) is 0.561. The fourth-order valence-electron chi connectivity index (χ4n) is 3.23. The predicted molar refractivity (Wildman–Crippen MR) is 95.0 cm³/mol. The van der Waals surface area contributed by atoms with E-state index in [1.165, 1.54) is 12.1 Å². The van der Waals surface area contributed by atoms with Gasteiger partial charge in [0.1, 0.15) is 18.0 Å². The van der Waals surface area contributed by atoms with Gasteiger partial charge in [-0.15, -0.1) is 0 Å². The molecule has 0 amide bonds. The van der Waals surface area contributed by atoms with Crippen LogP contribution in [-0.4, -0.2) is 26.2 Å². The van der Waals surface area contributed by atoms with Crippen molar-refractivity contribution in [2.45, 2.75) is 31.5 Å². The number of nitriles is 2. The minimum absolute atomic E-state index is 0.0568. The van der Waals surface area contributed by atoms with E-state index < -0.39 is 11.7 Å². The number of piperidine rings is 1. The summed E-state index contributed by atoms with van der Waals surface area (Å²) in [5, 5.41) is 27.6. The van der Waals surface area contributed by atoms with Crippen LogP contribution < -0.4 is 16.0 Å². The molecule has 1 heterocycles. The van der Waals surface area contributed by atoms with Crippen molar-refractivity contribution in [1.29, 1.82) is 10.5 Å². The largest absolute Gasteiger partial charge is 0.416 e. The Kier molecular flexibility index (Phi) is 7.09. The van der Waals surface area contributed by atoms with Crippen LogP contribution in [0.3, 0.4) is 0 Å². The summed E-state index contributed by atoms with van der Waals surface area (Å²) in [5.41, 5.74) is 0.0258. The number of benzene rings is 1. The summed E-state index contributed by atoms with van der Waals surface area (Å²) in [7, 11) is 1.62. The maximum absolute atomic E-state index is 12.8. The molecule has 1 aliphatic heterocycles. The van der Waals surface area contributed by atoms with Gasteiger partial charge >= 0.3 is 6.18 Å². The molecule has 1 aliphatic rings. The summed E-state index contributed by atoms with van der Waals surface area (Å²) < 4.78 is 38.3. The summed E-state index contributed by atoms with van der Waals surface area (Å²) >= 11 is 0. The lowest BCUT2D eigenvalue weighted by Crippen LogP contribution is -2.46. The van der Waals surface area contributed by atoms with Crippen molar-refractivity contribution in [2.24, 2.45) is 5.92 Å². The van der Waals surface area contributed by atoms with Gasteiger partial charge < -0.3 is 16.0 Å². The first-order valence-corrected chi connectivity index (χ1v) is 8.74. The Bertz CT molecular complexity index is 719. The van der Waals surface area contributed by atoms with E-state index in [0.29, 0.717) is 12.2 Å². The van der Waals surface area contributed by atoms with Crippen molar-refractivity contribution in [3.05, 3.63) is 46.8 Å². The van der Waals surface area contributed by atoms with Crippen LogP contribution in [0.1, 0.15) is 24.0 Å². The van der Waals surface area contributed by atoms with Gasteiger partial charge in [0.2, 0.25) is 0 Å². The first-order chi connectivity index (χ1) is 12.9. The van der Waals surface area contributed by atoms with E-state index in [1.807, 2.05) is 12.1 Å². The second-order valence-corrected chi connectivity index (χ2v) is 6.48. The van der Waals surface area contributed by atoms with Crippen LogP contribution in [0.4, 0.5) is 13.2 Å². The number of hydrogen-bond donors (Lipinski definition) is 3. The molecule has 1 aromatic carbocycles. The van der Waals surface area contributed by atoms with Crippen molar-refractivity contribution in [3.8, 4) is 12.1 Å². The number of alkyl halides is 3. The van der Waals surface area contributed by atoms with Gasteiger partial charge in [0, 0.05) is 13.1 Å². The highest BCUT2D eigenvalue weighted by Crippen LogP contribution is 2.29. The third-order valence-corrected chi connectivity index (χ3v) is 4.69. The lowest BCUT2D eigenvalue weighted by atomic mass is 9.87. The maximum Gasteiger partial charge on any atom is 0.416 e. The maximum atomic E-state index is 12.8. The van der Waals surface area contributed by atoms with Crippen molar-refractivity contribution < 1.29 is 13.2 Å². The van der Waals surface area contributed by atoms with Crippen molar-refractivity contribution >= 4 is 0 Å². The van der Waals surface area contributed by atoms with Gasteiger partial charge in [-0.1, -0.05) is 12.1 Å². The normalized spacial score (nSPS) is 17.9. The smallest absolute Gasteiger partial charge is 0.373 e. The number of halogens is 3. The molecule has 3 N–H and O–H groups in total. The van der Waals surface area contributed by atoms with Crippen LogP contribution in [0, 0.1) is 28.6 Å². The van der Waals surface area contributed by atoms with Gasteiger partial charge in [0.25, 0.3) is 0 Å². The van der Waals surface area contributed by atoms with E-state index in [-0.39, 0.29) is 17.5 Å². The van der Waals surface area contributed by atoms with E-state index in [1.54, 1.807) is 7.05 Å². The number of hydrogen-bond acceptors (Lipinski definition) is 5. The Hall–Kier alpha value is -2.71. The average molecular weight is 377 g/mol. The molecule has 5 nitrogen and oxygen atoms in total. The molecule has 0 aromatic heterocycles. The standard InChI is InChI=1S/C19H22F3N5/c1-25-18(15(10-23)11-24)27-17(14-3-2-8-26-12-14)9-13-4-6-16(7-5-13)19(20,21)22/h4-7,14,17,25-27H,2-3,8-9,12H2,1H3. The van der Waals surface area contributed by atoms with Crippen LogP contribution in [0.15, 0.2) is 35.7 Å². The molecule has 2 rings (SSSR count). The molecule has 1 saturated heterocycles. The fourth-order valence-corrected chi connectivity index (χ4v) is 3.23. The first kappa shape index (κ1) is 20.6. The van der Waals surface area contributed by atoms with Gasteiger partial charge in [-0.05, 0) is 56.0 Å². The molecule has 2 unspecified atom stereocenters. The zero-order valence-corrected chi connectivity index (χ0v) is 15.0. The monoisotopic (exact) mass is 377 g/mol. The highest BCUT2D eigenvalue weighted by atomic mass is 19.4. The Labute approximate surface area is 156 Å². The fraction of sp³-hybridized carbons (Fsp3) is 0.474. The van der Waals surface area contributed by atoms with Crippen LogP contribution in [0.2, 0.25) is 0 Å². The molecule has 1 aromatic rings. The van der Waals surface area contributed by atoms with Gasteiger partial charge in [0.15, 0.2) is 5.57 Å². The Morgan fingerprint density at radius 2 is 1.93 bits per heavy atom. The molecule has 0 spiro atoms. The van der Waals surface area contributed by atoms with E-state index in [9.17, 15) is 13.2 Å². The minimum atomic E-state index is -4.36. The number of nitrogens with one attached hydrogen (secondary N) is 3. The topological polar surface area (TPSA) is 83.7 Å². The van der Waals surface area contributed by atoms with E-state index >= 15 is 0 Å². The lowest BCUT2D eigenvalue weighted by molar-refractivity contribution is -0.137. The van der Waals surface area contributed by atoms with E-state index in [2.05, 4.69) is 16.0 Å². The van der Waals surface area contributed by atoms with Crippen molar-refractivity contribution in [3.63, 3.8) is 0 Å². The zero-order chi connectivity index (χ0) is 19.9. The molecule has 27 heavy (non-hydrogen) atoms. The highest BCUT2D eigenvalue weighted by molar-refractivity contribution is 5.39. The third kappa shape index (κ3) is 5.63. The minimum Gasteiger partial charge on any atom is -0.373 e. The van der Waals surface area contributed by atoms with Gasteiger partial charge in [-0.3, -0.25) is 0 Å². The molecule has 1 fully saturated rings. The molecular weight excluding hydrogens is 355 g/mol. The second-order valence-electron chi connectivity index (χ2n) is 6.48. The SMILES string of the molecule is CNC(NC(Cc1ccc(C(F)(F)F)cc1)C1CCCNC1)=C(C#N)C#N. The lowest BCUT2D eigenvalue weighted by Gasteiger charge is -2.33. The number of rotatable bonds is 6. The Balaban J connectivity index is 2.24. The molecule has 8 heteroatoms. The molecular formula is C19H22F3N5. The van der Waals surface area contributed by atoms with Gasteiger partial charge in [0.05, 0.1) is 5.56 Å². The average Bonchev–Trinajstić information content (AvgIpc) is 2.67. The van der Waals surface area contributed by atoms with Gasteiger partial charge in [-0.2, -0.15) is 23.7 Å². The van der Waals surface area contributed by atoms with E-state index in [0.717, 1.165) is 43.6 Å². The summed E-state index contributed by atoms with van der Waals surface area (Å²) in [4.78, 5) is 0. The van der Waals surface area contributed by atoms with Crippen LogP contribution >= 0.6 is 0 Å². The summed E-state index contributed by atoms with van der Waals surface area (Å²) in [6, 6.07) is 8.69. The molecule has 144 valence electrons. The third-order valence-electron chi connectivity index (χ3n) is 4.69. The molecule has 2 atom stereocenters. The van der Waals surface area contributed by atoms with E-state index in [4.69, 9.17) is 10.5 Å². The predicted octanol–water partition coefficient (Wildman–Crippen LogP) is 2.68. The second kappa shape index (κ2) is 9.29. The van der Waals surface area contributed by atoms with Crippen LogP contribution in [0.25, 0.3) is 0 Å². The summed E-state index contributed by atoms with van der Waals surface area (Å²) in [6.07, 6.45) is -1.92. The quantitative estimate of drug-likeness (QED) is 0.664. The van der Waals surface area contributed by atoms with Crippen molar-refractivity contribution in [2.75, 3.05) is 20.1 Å². The summed E-state index contributed by atoms with van der Waals surface area (Å²) in [6.45, 7) is 1.70. The first-order valence-electron chi connectivity index (χ1n) is 8.74. The highest BCUT2D eigenvalue weighted by Gasteiger charge is 2.30. The van der Waals surface area contributed by atoms with Crippen LogP contribution in [-0.2, 0) is 12.6 Å². The zero-order valence-electron chi connectivity index (χ0n) is 15.0. The van der Waals surface area contributed by atoms with Crippen molar-refractivity contribution in [1.82, 2.24) is 16.0 Å². The van der Waals surface area contributed by atoms with Gasteiger partial charge in [-0.25, -0.2) is 0 Å². The number of allylic oxidation sites excluding steroid dienone is 1. The number of nitrogens with zero attached hydrogens (tertiary/aromatic N) is 2. The Morgan fingerprint density at radius 3 is 2.41 bits per heavy atom. The van der Waals surface area contributed by atoms with Crippen LogP contribution in [0.5, 0.6) is 0 Å². The molecule has 0 saturated carbocycles. The molecule has 0 bridgehead atoms. The molecule has 0 aliphatic carbocycles. The molecule has 0 radical (unpaired) electrons.